The van der Waals surface area contributed by atoms with Gasteiger partial charge in [0.05, 0.1) is 5.56 Å². The van der Waals surface area contributed by atoms with Crippen LogP contribution >= 0.6 is 15.9 Å². The maximum absolute atomic E-state index is 12.1. The Hall–Kier alpha value is -2.07. The molecule has 1 heterocycles. The van der Waals surface area contributed by atoms with Crippen molar-refractivity contribution in [2.24, 2.45) is 0 Å². The summed E-state index contributed by atoms with van der Waals surface area (Å²) < 4.78 is 0.816. The van der Waals surface area contributed by atoms with Crippen molar-refractivity contribution in [3.8, 4) is 0 Å². The molecule has 0 spiro atoms. The summed E-state index contributed by atoms with van der Waals surface area (Å²) in [6, 6.07) is 15.8. The minimum absolute atomic E-state index is 0.0507. The van der Waals surface area contributed by atoms with Gasteiger partial charge >= 0.3 is 0 Å². The molecule has 0 fully saturated rings. The zero-order valence-corrected chi connectivity index (χ0v) is 13.0. The number of aromatic nitrogens is 1. The van der Waals surface area contributed by atoms with Crippen LogP contribution in [0.2, 0.25) is 0 Å². The Morgan fingerprint density at radius 1 is 1.14 bits per heavy atom. The number of halogens is 1. The molecule has 0 unspecified atom stereocenters. The molecule has 0 radical (unpaired) electrons. The smallest absolute Gasteiger partial charge is 0.252 e. The van der Waals surface area contributed by atoms with Gasteiger partial charge < -0.3 is 10.3 Å². The molecule has 0 aliphatic heterocycles. The predicted octanol–water partition coefficient (Wildman–Crippen LogP) is 3.90. The van der Waals surface area contributed by atoms with Crippen LogP contribution in [-0.4, -0.2) is 17.4 Å². The van der Waals surface area contributed by atoms with Gasteiger partial charge in [-0.2, -0.15) is 0 Å². The quantitative estimate of drug-likeness (QED) is 0.741. The van der Waals surface area contributed by atoms with E-state index in [1.165, 1.54) is 10.9 Å². The molecule has 3 rings (SSSR count). The maximum Gasteiger partial charge on any atom is 0.252 e. The summed E-state index contributed by atoms with van der Waals surface area (Å²) in [7, 11) is 0. The topological polar surface area (TPSA) is 44.9 Å². The second kappa shape index (κ2) is 6.14. The van der Waals surface area contributed by atoms with Gasteiger partial charge in [0.2, 0.25) is 0 Å². The lowest BCUT2D eigenvalue weighted by molar-refractivity contribution is 0.0953. The van der Waals surface area contributed by atoms with Gasteiger partial charge in [-0.05, 0) is 63.6 Å². The minimum Gasteiger partial charge on any atom is -0.361 e. The molecule has 0 saturated carbocycles. The predicted molar refractivity (Wildman–Crippen MR) is 88.5 cm³/mol. The highest BCUT2D eigenvalue weighted by Crippen LogP contribution is 2.16. The van der Waals surface area contributed by atoms with Crippen molar-refractivity contribution in [3.63, 3.8) is 0 Å². The number of nitrogens with one attached hydrogen (secondary N) is 2. The molecular formula is C17H15BrN2O. The Kier molecular flexibility index (Phi) is 4.06. The van der Waals surface area contributed by atoms with Crippen molar-refractivity contribution >= 4 is 32.7 Å². The van der Waals surface area contributed by atoms with Crippen LogP contribution in [0.4, 0.5) is 0 Å². The van der Waals surface area contributed by atoms with Crippen LogP contribution in [0.3, 0.4) is 0 Å². The molecule has 106 valence electrons. The average molecular weight is 343 g/mol. The number of amides is 1. The van der Waals surface area contributed by atoms with E-state index in [1.807, 2.05) is 30.5 Å². The van der Waals surface area contributed by atoms with Crippen LogP contribution in [0.1, 0.15) is 15.9 Å². The molecular weight excluding hydrogens is 328 g/mol. The molecule has 1 amide bonds. The summed E-state index contributed by atoms with van der Waals surface area (Å²) in [5.74, 6) is -0.0507. The first-order chi connectivity index (χ1) is 10.2. The summed E-state index contributed by atoms with van der Waals surface area (Å²) in [6.45, 7) is 0.621. The van der Waals surface area contributed by atoms with Crippen molar-refractivity contribution < 1.29 is 4.79 Å². The third-order valence-corrected chi connectivity index (χ3v) is 4.13. The van der Waals surface area contributed by atoms with E-state index >= 15 is 0 Å². The van der Waals surface area contributed by atoms with Gasteiger partial charge in [0.1, 0.15) is 0 Å². The first kappa shape index (κ1) is 13.9. The van der Waals surface area contributed by atoms with E-state index < -0.39 is 0 Å². The van der Waals surface area contributed by atoms with E-state index in [0.717, 1.165) is 16.4 Å². The zero-order valence-electron chi connectivity index (χ0n) is 11.4. The number of rotatable bonds is 4. The first-order valence-electron chi connectivity index (χ1n) is 6.83. The lowest BCUT2D eigenvalue weighted by atomic mass is 10.1. The first-order valence-corrected chi connectivity index (χ1v) is 7.62. The Morgan fingerprint density at radius 3 is 2.86 bits per heavy atom. The van der Waals surface area contributed by atoms with Crippen molar-refractivity contribution in [1.29, 1.82) is 0 Å². The van der Waals surface area contributed by atoms with Crippen molar-refractivity contribution in [2.45, 2.75) is 6.42 Å². The van der Waals surface area contributed by atoms with E-state index in [1.54, 1.807) is 0 Å². The molecule has 4 heteroatoms. The fraction of sp³-hybridized carbons (Fsp3) is 0.118. The number of H-pyrrole nitrogens is 1. The van der Waals surface area contributed by atoms with E-state index in [0.29, 0.717) is 12.1 Å². The Labute approximate surface area is 131 Å². The molecule has 0 aliphatic carbocycles. The standard InChI is InChI=1S/C17H15BrN2O/c18-15-4-2-1-3-14(15)17(21)20-9-7-12-5-6-16-13(11-12)8-10-19-16/h1-6,8,10-11,19H,7,9H2,(H,20,21). The van der Waals surface area contributed by atoms with Crippen LogP contribution in [0, 0.1) is 0 Å². The molecule has 1 aromatic heterocycles. The zero-order chi connectivity index (χ0) is 14.7. The number of benzene rings is 2. The SMILES string of the molecule is O=C(NCCc1ccc2[nH]ccc2c1)c1ccccc1Br. The molecule has 0 aliphatic rings. The monoisotopic (exact) mass is 342 g/mol. The van der Waals surface area contributed by atoms with E-state index in [2.05, 4.69) is 50.5 Å². The van der Waals surface area contributed by atoms with Crippen LogP contribution in [0.15, 0.2) is 59.2 Å². The molecule has 3 nitrogen and oxygen atoms in total. The number of aromatic amines is 1. The van der Waals surface area contributed by atoms with E-state index in [4.69, 9.17) is 0 Å². The molecule has 21 heavy (non-hydrogen) atoms. The van der Waals surface area contributed by atoms with Crippen molar-refractivity contribution in [3.05, 3.63) is 70.3 Å². The lowest BCUT2D eigenvalue weighted by Crippen LogP contribution is -2.25. The van der Waals surface area contributed by atoms with Crippen LogP contribution < -0.4 is 5.32 Å². The Balaban J connectivity index is 1.60. The van der Waals surface area contributed by atoms with Crippen molar-refractivity contribution in [2.75, 3.05) is 6.54 Å². The fourth-order valence-corrected chi connectivity index (χ4v) is 2.78. The molecule has 0 bridgehead atoms. The third-order valence-electron chi connectivity index (χ3n) is 3.44. The van der Waals surface area contributed by atoms with Crippen LogP contribution in [-0.2, 0) is 6.42 Å². The minimum atomic E-state index is -0.0507. The van der Waals surface area contributed by atoms with Gasteiger partial charge in [0.15, 0.2) is 0 Å². The van der Waals surface area contributed by atoms with Gasteiger partial charge in [-0.15, -0.1) is 0 Å². The molecule has 0 atom stereocenters. The molecule has 3 aromatic rings. The lowest BCUT2D eigenvalue weighted by Gasteiger charge is -2.07. The number of hydrogen-bond donors (Lipinski definition) is 2. The van der Waals surface area contributed by atoms with Crippen LogP contribution in [0.5, 0.6) is 0 Å². The molecule has 2 N–H and O–H groups in total. The average Bonchev–Trinajstić information content (AvgIpc) is 2.95. The third kappa shape index (κ3) is 3.16. The van der Waals surface area contributed by atoms with Gasteiger partial charge in [-0.1, -0.05) is 18.2 Å². The van der Waals surface area contributed by atoms with Crippen LogP contribution in [0.25, 0.3) is 10.9 Å². The Morgan fingerprint density at radius 2 is 2.00 bits per heavy atom. The normalized spacial score (nSPS) is 10.7. The summed E-state index contributed by atoms with van der Waals surface area (Å²) >= 11 is 3.39. The molecule has 2 aromatic carbocycles. The van der Waals surface area contributed by atoms with Crippen molar-refractivity contribution in [1.82, 2.24) is 10.3 Å². The highest BCUT2D eigenvalue weighted by atomic mass is 79.9. The largest absolute Gasteiger partial charge is 0.361 e. The van der Waals surface area contributed by atoms with E-state index in [-0.39, 0.29) is 5.91 Å². The Bertz CT molecular complexity index is 779. The van der Waals surface area contributed by atoms with Gasteiger partial charge in [0.25, 0.3) is 5.91 Å². The second-order valence-corrected chi connectivity index (χ2v) is 5.74. The summed E-state index contributed by atoms with van der Waals surface area (Å²) in [5, 5.41) is 4.15. The van der Waals surface area contributed by atoms with Gasteiger partial charge in [-0.25, -0.2) is 0 Å². The number of fused-ring (bicyclic) bond motifs is 1. The summed E-state index contributed by atoms with van der Waals surface area (Å²) in [6.07, 6.45) is 2.75. The summed E-state index contributed by atoms with van der Waals surface area (Å²) in [5.41, 5.74) is 3.02. The summed E-state index contributed by atoms with van der Waals surface area (Å²) in [4.78, 5) is 15.3. The maximum atomic E-state index is 12.1. The highest BCUT2D eigenvalue weighted by Gasteiger charge is 2.08. The number of carbonyl (C=O) groups is 1. The number of hydrogen-bond acceptors (Lipinski definition) is 1. The number of carbonyl (C=O) groups excluding carboxylic acids is 1. The van der Waals surface area contributed by atoms with E-state index in [9.17, 15) is 4.79 Å². The fourth-order valence-electron chi connectivity index (χ4n) is 2.32. The second-order valence-electron chi connectivity index (χ2n) is 4.89. The van der Waals surface area contributed by atoms with Gasteiger partial charge in [0, 0.05) is 22.7 Å². The van der Waals surface area contributed by atoms with Gasteiger partial charge in [-0.3, -0.25) is 4.79 Å². The molecule has 0 saturated heterocycles. The highest BCUT2D eigenvalue weighted by molar-refractivity contribution is 9.10.